The van der Waals surface area contributed by atoms with E-state index in [4.69, 9.17) is 0 Å². The zero-order valence-corrected chi connectivity index (χ0v) is 6.02. The van der Waals surface area contributed by atoms with E-state index in [-0.39, 0.29) is 5.75 Å². The van der Waals surface area contributed by atoms with Crippen molar-refractivity contribution in [2.45, 2.75) is 6.92 Å². The van der Waals surface area contributed by atoms with Crippen molar-refractivity contribution >= 4 is 9.84 Å². The highest BCUT2D eigenvalue weighted by atomic mass is 32.2. The molecule has 0 spiro atoms. The van der Waals surface area contributed by atoms with Crippen LogP contribution in [0.4, 0.5) is 0 Å². The second-order valence-corrected chi connectivity index (χ2v) is 3.67. The third-order valence-corrected chi connectivity index (χ3v) is 2.21. The van der Waals surface area contributed by atoms with Crippen molar-refractivity contribution in [1.82, 2.24) is 0 Å². The Morgan fingerprint density at radius 3 is 2.33 bits per heavy atom. The molecule has 0 bridgehead atoms. The van der Waals surface area contributed by atoms with Gasteiger partial charge in [-0.3, -0.25) is 0 Å². The topological polar surface area (TPSA) is 54.0 Å². The van der Waals surface area contributed by atoms with Gasteiger partial charge in [-0.1, -0.05) is 6.92 Å². The highest BCUT2D eigenvalue weighted by molar-refractivity contribution is 7.94. The van der Waals surface area contributed by atoms with Gasteiger partial charge in [-0.2, -0.15) is 0 Å². The Labute approximate surface area is 54.9 Å². The molecule has 0 aliphatic heterocycles. The van der Waals surface area contributed by atoms with Crippen molar-refractivity contribution in [2.75, 3.05) is 12.4 Å². The monoisotopic (exact) mass is 149 g/mol. The summed E-state index contributed by atoms with van der Waals surface area (Å²) >= 11 is 0. The van der Waals surface area contributed by atoms with Crippen LogP contribution >= 0.6 is 0 Å². The minimum atomic E-state index is -3.06. The van der Waals surface area contributed by atoms with Crippen LogP contribution in [0.2, 0.25) is 0 Å². The average Bonchev–Trinajstić information content (AvgIpc) is 1.84. The van der Waals surface area contributed by atoms with Gasteiger partial charge in [0, 0.05) is 5.41 Å². The fourth-order valence-corrected chi connectivity index (χ4v) is 0.846. The van der Waals surface area contributed by atoms with Gasteiger partial charge in [0.1, 0.15) is 6.61 Å². The van der Waals surface area contributed by atoms with Crippen LogP contribution < -0.4 is 0 Å². The van der Waals surface area contributed by atoms with E-state index in [1.54, 1.807) is 0 Å². The molecule has 0 N–H and O–H groups in total. The first-order chi connectivity index (χ1) is 4.12. The Hall–Kier alpha value is -0.350. The van der Waals surface area contributed by atoms with Crippen LogP contribution in [0.1, 0.15) is 6.92 Å². The van der Waals surface area contributed by atoms with E-state index in [9.17, 15) is 13.5 Å². The fraction of sp³-hybridized carbons (Fsp3) is 0.600. The highest BCUT2D eigenvalue weighted by Gasteiger charge is 1.97. The molecule has 0 saturated carbocycles. The Balaban J connectivity index is 4.04. The third-order valence-electron chi connectivity index (χ3n) is 0.802. The van der Waals surface area contributed by atoms with Crippen LogP contribution in [0.5, 0.6) is 0 Å². The molecule has 3 nitrogen and oxygen atoms in total. The van der Waals surface area contributed by atoms with Gasteiger partial charge >= 0.3 is 0 Å². The van der Waals surface area contributed by atoms with Gasteiger partial charge < -0.3 is 0 Å². The third kappa shape index (κ3) is 4.17. The van der Waals surface area contributed by atoms with E-state index in [1.165, 1.54) is 6.92 Å². The molecule has 0 unspecified atom stereocenters. The molecule has 0 aromatic heterocycles. The van der Waals surface area contributed by atoms with E-state index in [1.807, 2.05) is 0 Å². The molecular formula is C5H9O3S. The minimum Gasteiger partial charge on any atom is -0.232 e. The van der Waals surface area contributed by atoms with Crippen LogP contribution in [0.3, 0.4) is 0 Å². The van der Waals surface area contributed by atoms with Gasteiger partial charge in [0.2, 0.25) is 0 Å². The summed E-state index contributed by atoms with van der Waals surface area (Å²) in [6.07, 6.45) is 1.10. The maximum absolute atomic E-state index is 10.5. The minimum absolute atomic E-state index is 0.0590. The smallest absolute Gasteiger partial charge is 0.171 e. The molecular weight excluding hydrogens is 140 g/mol. The maximum atomic E-state index is 10.5. The van der Waals surface area contributed by atoms with Crippen molar-refractivity contribution in [2.24, 2.45) is 0 Å². The molecule has 0 aromatic rings. The largest absolute Gasteiger partial charge is 0.232 e. The van der Waals surface area contributed by atoms with Crippen LogP contribution in [0.25, 0.3) is 0 Å². The molecule has 0 heterocycles. The van der Waals surface area contributed by atoms with Gasteiger partial charge in [0.15, 0.2) is 9.84 Å². The lowest BCUT2D eigenvalue weighted by atomic mass is 10.7. The lowest BCUT2D eigenvalue weighted by Gasteiger charge is -1.87. The first-order valence-electron chi connectivity index (χ1n) is 2.60. The second-order valence-electron chi connectivity index (χ2n) is 1.49. The standard InChI is InChI=1S/C5H9O3S/c1-2-9(7,8)5-3-4-6/h3,5H,2,4H2,1H3. The molecule has 4 heteroatoms. The van der Waals surface area contributed by atoms with Gasteiger partial charge in [0.25, 0.3) is 0 Å². The van der Waals surface area contributed by atoms with E-state index < -0.39 is 16.4 Å². The molecule has 0 aliphatic carbocycles. The molecule has 0 saturated heterocycles. The maximum Gasteiger partial charge on any atom is 0.171 e. The Kier molecular flexibility index (Phi) is 3.49. The highest BCUT2D eigenvalue weighted by Crippen LogP contribution is 1.89. The lowest BCUT2D eigenvalue weighted by molar-refractivity contribution is 0.232. The van der Waals surface area contributed by atoms with Crippen molar-refractivity contribution in [3.05, 3.63) is 11.5 Å². The van der Waals surface area contributed by atoms with Crippen LogP contribution in [-0.2, 0) is 14.9 Å². The summed E-state index contributed by atoms with van der Waals surface area (Å²) in [5.41, 5.74) is 0. The second kappa shape index (κ2) is 3.63. The van der Waals surface area contributed by atoms with Gasteiger partial charge in [0.05, 0.1) is 5.75 Å². The number of rotatable bonds is 3. The van der Waals surface area contributed by atoms with Gasteiger partial charge in [-0.15, -0.1) is 0 Å². The van der Waals surface area contributed by atoms with Crippen molar-refractivity contribution < 1.29 is 13.5 Å². The number of sulfone groups is 1. The predicted octanol–water partition coefficient (Wildman–Crippen LogP) is 0.365. The molecule has 0 atom stereocenters. The van der Waals surface area contributed by atoms with Crippen molar-refractivity contribution in [1.29, 1.82) is 0 Å². The summed E-state index contributed by atoms with van der Waals surface area (Å²) in [5.74, 6) is 0.0590. The molecule has 1 radical (unpaired) electrons. The Bertz CT molecular complexity index is 178. The lowest BCUT2D eigenvalue weighted by Crippen LogP contribution is -1.97. The average molecular weight is 149 g/mol. The van der Waals surface area contributed by atoms with E-state index in [0.29, 0.717) is 0 Å². The SMILES string of the molecule is CCS(=O)(=O)C=CC[O]. The van der Waals surface area contributed by atoms with Gasteiger partial charge in [-0.05, 0) is 6.08 Å². The number of hydrogen-bond acceptors (Lipinski definition) is 2. The van der Waals surface area contributed by atoms with Crippen LogP contribution in [0.15, 0.2) is 11.5 Å². The first-order valence-corrected chi connectivity index (χ1v) is 4.31. The molecule has 0 aromatic carbocycles. The predicted molar refractivity (Wildman–Crippen MR) is 34.2 cm³/mol. The quantitative estimate of drug-likeness (QED) is 0.582. The molecule has 9 heavy (non-hydrogen) atoms. The summed E-state index contributed by atoms with van der Waals surface area (Å²) in [7, 11) is -3.06. The fourth-order valence-electron chi connectivity index (χ4n) is 0.282. The molecule has 0 amide bonds. The summed E-state index contributed by atoms with van der Waals surface area (Å²) in [6, 6.07) is 0. The molecule has 0 rings (SSSR count). The van der Waals surface area contributed by atoms with Crippen LogP contribution in [-0.4, -0.2) is 20.8 Å². The van der Waals surface area contributed by atoms with Crippen LogP contribution in [0, 0.1) is 0 Å². The normalized spacial score (nSPS) is 12.7. The summed E-state index contributed by atoms with van der Waals surface area (Å²) < 4.78 is 21.1. The van der Waals surface area contributed by atoms with E-state index >= 15 is 0 Å². The summed E-state index contributed by atoms with van der Waals surface area (Å²) in [5, 5.41) is 10.7. The van der Waals surface area contributed by atoms with Gasteiger partial charge in [-0.25, -0.2) is 13.5 Å². The summed E-state index contributed by atoms with van der Waals surface area (Å²) in [6.45, 7) is 1.06. The number of hydrogen-bond donors (Lipinski definition) is 0. The van der Waals surface area contributed by atoms with E-state index in [0.717, 1.165) is 11.5 Å². The Morgan fingerprint density at radius 1 is 1.44 bits per heavy atom. The molecule has 0 aliphatic rings. The van der Waals surface area contributed by atoms with E-state index in [2.05, 4.69) is 0 Å². The zero-order chi connectivity index (χ0) is 7.33. The van der Waals surface area contributed by atoms with Crippen molar-refractivity contribution in [3.63, 3.8) is 0 Å². The molecule has 53 valence electrons. The van der Waals surface area contributed by atoms with Crippen molar-refractivity contribution in [3.8, 4) is 0 Å². The Morgan fingerprint density at radius 2 is 2.00 bits per heavy atom. The first kappa shape index (κ1) is 8.65. The summed E-state index contributed by atoms with van der Waals surface area (Å²) in [4.78, 5) is 0. The zero-order valence-electron chi connectivity index (χ0n) is 5.20. The molecule has 0 fully saturated rings.